The summed E-state index contributed by atoms with van der Waals surface area (Å²) in [7, 11) is 0. The number of hydrogen-bond acceptors (Lipinski definition) is 4. The molecule has 2 aromatic carbocycles. The first-order valence-corrected chi connectivity index (χ1v) is 8.14. The lowest BCUT2D eigenvalue weighted by atomic mass is 10.1. The molecule has 2 N–H and O–H groups in total. The van der Waals surface area contributed by atoms with Crippen LogP contribution in [-0.4, -0.2) is 25.5 Å². The van der Waals surface area contributed by atoms with Crippen LogP contribution in [0.5, 0.6) is 5.75 Å². The van der Waals surface area contributed by atoms with Crippen LogP contribution in [0, 0.1) is 0 Å². The fourth-order valence-electron chi connectivity index (χ4n) is 2.79. The lowest BCUT2D eigenvalue weighted by molar-refractivity contribution is 0.0951. The molecule has 0 unspecified atom stereocenters. The van der Waals surface area contributed by atoms with E-state index in [4.69, 9.17) is 0 Å². The molecule has 4 aromatic rings. The first-order valence-electron chi connectivity index (χ1n) is 8.14. The van der Waals surface area contributed by atoms with Gasteiger partial charge in [-0.25, -0.2) is 4.98 Å². The summed E-state index contributed by atoms with van der Waals surface area (Å²) in [4.78, 5) is 20.8. The van der Waals surface area contributed by atoms with E-state index >= 15 is 0 Å². The third-order valence-electron chi connectivity index (χ3n) is 4.09. The maximum absolute atomic E-state index is 12.4. The van der Waals surface area contributed by atoms with Crippen LogP contribution in [-0.2, 0) is 6.54 Å². The number of nitrogens with zero attached hydrogens (tertiary/aromatic N) is 3. The standard InChI is InChI=1S/C20H16N4O2/c25-17-5-1-4-16(10-17)24-13-23-18-9-15(6-7-19(18)24)20(26)22-12-14-3-2-8-21-11-14/h1-11,13,25H,12H2,(H,22,26). The maximum Gasteiger partial charge on any atom is 0.251 e. The zero-order valence-corrected chi connectivity index (χ0v) is 13.8. The number of hydrogen-bond donors (Lipinski definition) is 2. The number of rotatable bonds is 4. The molecule has 4 rings (SSSR count). The molecular formula is C20H16N4O2. The number of carbonyl (C=O) groups excluding carboxylic acids is 1. The summed E-state index contributed by atoms with van der Waals surface area (Å²) in [6.07, 6.45) is 5.10. The van der Waals surface area contributed by atoms with Gasteiger partial charge in [0, 0.05) is 30.6 Å². The molecule has 0 radical (unpaired) electrons. The van der Waals surface area contributed by atoms with Gasteiger partial charge in [0.25, 0.3) is 5.91 Å². The van der Waals surface area contributed by atoms with Gasteiger partial charge in [-0.05, 0) is 42.0 Å². The largest absolute Gasteiger partial charge is 0.508 e. The van der Waals surface area contributed by atoms with Gasteiger partial charge in [-0.3, -0.25) is 14.3 Å². The van der Waals surface area contributed by atoms with Crippen LogP contribution in [0.3, 0.4) is 0 Å². The van der Waals surface area contributed by atoms with Gasteiger partial charge < -0.3 is 10.4 Å². The van der Waals surface area contributed by atoms with E-state index in [0.717, 1.165) is 16.8 Å². The van der Waals surface area contributed by atoms with E-state index in [2.05, 4.69) is 15.3 Å². The van der Waals surface area contributed by atoms with Gasteiger partial charge in [0.2, 0.25) is 0 Å². The zero-order valence-electron chi connectivity index (χ0n) is 13.8. The minimum absolute atomic E-state index is 0.164. The summed E-state index contributed by atoms with van der Waals surface area (Å²) in [5.74, 6) is 0.0263. The third kappa shape index (κ3) is 3.12. The molecular weight excluding hydrogens is 328 g/mol. The molecule has 0 aliphatic heterocycles. The summed E-state index contributed by atoms with van der Waals surface area (Å²) in [5.41, 5.74) is 3.86. The number of fused-ring (bicyclic) bond motifs is 1. The highest BCUT2D eigenvalue weighted by molar-refractivity contribution is 5.97. The van der Waals surface area contributed by atoms with Crippen molar-refractivity contribution >= 4 is 16.9 Å². The number of aromatic hydroxyl groups is 1. The number of carbonyl (C=O) groups is 1. The lowest BCUT2D eigenvalue weighted by Gasteiger charge is -2.07. The summed E-state index contributed by atoms with van der Waals surface area (Å²) in [5, 5.41) is 12.5. The van der Waals surface area contributed by atoms with Crippen molar-refractivity contribution < 1.29 is 9.90 Å². The average Bonchev–Trinajstić information content (AvgIpc) is 3.10. The molecule has 6 nitrogen and oxygen atoms in total. The number of benzene rings is 2. The molecule has 0 aliphatic rings. The van der Waals surface area contributed by atoms with Crippen molar-refractivity contribution in [3.05, 3.63) is 84.4 Å². The van der Waals surface area contributed by atoms with Gasteiger partial charge in [0.15, 0.2) is 0 Å². The minimum Gasteiger partial charge on any atom is -0.508 e. The van der Waals surface area contributed by atoms with Gasteiger partial charge in [-0.2, -0.15) is 0 Å². The van der Waals surface area contributed by atoms with E-state index in [9.17, 15) is 9.90 Å². The van der Waals surface area contributed by atoms with Crippen LogP contribution in [0.1, 0.15) is 15.9 Å². The predicted molar refractivity (Wildman–Crippen MR) is 98.1 cm³/mol. The molecule has 0 atom stereocenters. The number of imidazole rings is 1. The Kier molecular flexibility index (Phi) is 4.07. The van der Waals surface area contributed by atoms with Crippen LogP contribution in [0.15, 0.2) is 73.3 Å². The Bertz CT molecular complexity index is 1070. The topological polar surface area (TPSA) is 80.0 Å². The third-order valence-corrected chi connectivity index (χ3v) is 4.09. The minimum atomic E-state index is -0.164. The van der Waals surface area contributed by atoms with Crippen molar-refractivity contribution in [2.24, 2.45) is 0 Å². The Morgan fingerprint density at radius 2 is 2.04 bits per heavy atom. The van der Waals surface area contributed by atoms with Crippen molar-refractivity contribution in [2.45, 2.75) is 6.54 Å². The summed E-state index contributed by atoms with van der Waals surface area (Å²) >= 11 is 0. The Balaban J connectivity index is 1.57. The SMILES string of the molecule is O=C(NCc1cccnc1)c1ccc2c(c1)ncn2-c1cccc(O)c1. The van der Waals surface area contributed by atoms with Gasteiger partial charge in [-0.1, -0.05) is 12.1 Å². The van der Waals surface area contributed by atoms with Crippen LogP contribution in [0.4, 0.5) is 0 Å². The van der Waals surface area contributed by atoms with E-state index in [0.29, 0.717) is 17.6 Å². The van der Waals surface area contributed by atoms with Crippen molar-refractivity contribution in [3.8, 4) is 11.4 Å². The van der Waals surface area contributed by atoms with Crippen molar-refractivity contribution in [2.75, 3.05) is 0 Å². The lowest BCUT2D eigenvalue weighted by Crippen LogP contribution is -2.22. The van der Waals surface area contributed by atoms with Crippen LogP contribution in [0.25, 0.3) is 16.7 Å². The molecule has 128 valence electrons. The molecule has 0 aliphatic carbocycles. The van der Waals surface area contributed by atoms with Crippen molar-refractivity contribution in [1.82, 2.24) is 19.9 Å². The quantitative estimate of drug-likeness (QED) is 0.596. The smallest absolute Gasteiger partial charge is 0.251 e. The Morgan fingerprint density at radius 1 is 1.12 bits per heavy atom. The van der Waals surface area contributed by atoms with Gasteiger partial charge in [-0.15, -0.1) is 0 Å². The van der Waals surface area contributed by atoms with Crippen LogP contribution < -0.4 is 5.32 Å². The van der Waals surface area contributed by atoms with E-state index in [-0.39, 0.29) is 11.7 Å². The van der Waals surface area contributed by atoms with Crippen molar-refractivity contribution in [1.29, 1.82) is 0 Å². The van der Waals surface area contributed by atoms with E-state index in [1.807, 2.05) is 28.8 Å². The number of pyridine rings is 1. The molecule has 0 spiro atoms. The van der Waals surface area contributed by atoms with Crippen LogP contribution >= 0.6 is 0 Å². The first kappa shape index (κ1) is 15.8. The summed E-state index contributed by atoms with van der Waals surface area (Å²) in [6, 6.07) is 16.1. The second-order valence-corrected chi connectivity index (χ2v) is 5.88. The molecule has 2 heterocycles. The van der Waals surface area contributed by atoms with Gasteiger partial charge in [0.05, 0.1) is 16.7 Å². The fraction of sp³-hybridized carbons (Fsp3) is 0.0500. The molecule has 0 fully saturated rings. The highest BCUT2D eigenvalue weighted by Gasteiger charge is 2.10. The molecule has 26 heavy (non-hydrogen) atoms. The fourth-order valence-corrected chi connectivity index (χ4v) is 2.79. The Morgan fingerprint density at radius 3 is 2.85 bits per heavy atom. The summed E-state index contributed by atoms with van der Waals surface area (Å²) in [6.45, 7) is 0.419. The molecule has 2 aromatic heterocycles. The van der Waals surface area contributed by atoms with E-state index < -0.39 is 0 Å². The Hall–Kier alpha value is -3.67. The molecule has 6 heteroatoms. The second-order valence-electron chi connectivity index (χ2n) is 5.88. The summed E-state index contributed by atoms with van der Waals surface area (Å²) < 4.78 is 1.87. The number of nitrogens with one attached hydrogen (secondary N) is 1. The van der Waals surface area contributed by atoms with Crippen molar-refractivity contribution in [3.63, 3.8) is 0 Å². The maximum atomic E-state index is 12.4. The second kappa shape index (κ2) is 6.68. The number of phenols is 1. The van der Waals surface area contributed by atoms with E-state index in [1.165, 1.54) is 0 Å². The predicted octanol–water partition coefficient (Wildman–Crippen LogP) is 3.06. The zero-order chi connectivity index (χ0) is 17.9. The highest BCUT2D eigenvalue weighted by atomic mass is 16.3. The normalized spacial score (nSPS) is 10.8. The molecule has 0 saturated heterocycles. The molecule has 0 bridgehead atoms. The van der Waals surface area contributed by atoms with Gasteiger partial charge in [0.1, 0.15) is 12.1 Å². The number of amides is 1. The first-order chi connectivity index (χ1) is 12.7. The Labute approximate surface area is 149 Å². The van der Waals surface area contributed by atoms with Crippen LogP contribution in [0.2, 0.25) is 0 Å². The highest BCUT2D eigenvalue weighted by Crippen LogP contribution is 2.22. The number of aromatic nitrogens is 3. The monoisotopic (exact) mass is 344 g/mol. The van der Waals surface area contributed by atoms with E-state index in [1.54, 1.807) is 49.1 Å². The number of phenolic OH excluding ortho intramolecular Hbond substituents is 1. The van der Waals surface area contributed by atoms with Gasteiger partial charge >= 0.3 is 0 Å². The molecule has 0 saturated carbocycles. The average molecular weight is 344 g/mol. The molecule has 1 amide bonds.